The number of nitrogens with zero attached hydrogens (tertiary/aromatic N) is 2. The van der Waals surface area contributed by atoms with E-state index in [-0.39, 0.29) is 23.0 Å². The molecule has 1 aromatic carbocycles. The minimum atomic E-state index is -3.77. The zero-order chi connectivity index (χ0) is 21.9. The van der Waals surface area contributed by atoms with E-state index in [1.54, 1.807) is 0 Å². The van der Waals surface area contributed by atoms with Crippen molar-refractivity contribution in [3.05, 3.63) is 50.0 Å². The Labute approximate surface area is 174 Å². The number of hydrogen-bond donors (Lipinski definition) is 0. The lowest BCUT2D eigenvalue weighted by Gasteiger charge is -2.15. The summed E-state index contributed by atoms with van der Waals surface area (Å²) in [5.41, 5.74) is 3.99. The fourth-order valence-corrected chi connectivity index (χ4v) is 5.31. The van der Waals surface area contributed by atoms with E-state index in [1.807, 2.05) is 38.6 Å². The predicted octanol–water partition coefficient (Wildman–Crippen LogP) is 3.76. The van der Waals surface area contributed by atoms with Gasteiger partial charge in [-0.15, -0.1) is 11.8 Å². The molecule has 0 radical (unpaired) electrons. The van der Waals surface area contributed by atoms with Crippen molar-refractivity contribution in [3.8, 4) is 5.88 Å². The largest absolute Gasteiger partial charge is 0.361 e. The fraction of sp³-hybridized carbons (Fsp3) is 0.474. The minimum Gasteiger partial charge on any atom is -0.361 e. The molecule has 1 atom stereocenters. The monoisotopic (exact) mass is 440 g/mol. The average molecular weight is 441 g/mol. The van der Waals surface area contributed by atoms with Gasteiger partial charge in [0.1, 0.15) is 5.56 Å². The van der Waals surface area contributed by atoms with Gasteiger partial charge in [-0.05, 0) is 56.4 Å². The minimum absolute atomic E-state index is 0.00988. The summed E-state index contributed by atoms with van der Waals surface area (Å²) >= 11 is 1.82. The zero-order valence-corrected chi connectivity index (χ0v) is 18.6. The van der Waals surface area contributed by atoms with Crippen LogP contribution in [0.15, 0.2) is 17.2 Å². The van der Waals surface area contributed by atoms with Gasteiger partial charge in [-0.25, -0.2) is 4.68 Å². The average Bonchev–Trinajstić information content (AvgIpc) is 3.29. The molecule has 0 saturated carbocycles. The lowest BCUT2D eigenvalue weighted by atomic mass is 9.89. The first kappa shape index (κ1) is 23.1. The Morgan fingerprint density at radius 3 is 2.52 bits per heavy atom. The van der Waals surface area contributed by atoms with E-state index in [0.717, 1.165) is 16.9 Å². The Morgan fingerprint density at radius 1 is 1.28 bits per heavy atom. The molecule has 3 rings (SSSR count). The Morgan fingerprint density at radius 2 is 1.93 bits per heavy atom. The molecule has 0 aliphatic carbocycles. The number of carbonyl (C=O) groups excluding carboxylic acids is 1. The summed E-state index contributed by atoms with van der Waals surface area (Å²) in [7, 11) is -3.77. The van der Waals surface area contributed by atoms with E-state index in [0.29, 0.717) is 18.0 Å². The molecule has 0 bridgehead atoms. The van der Waals surface area contributed by atoms with Gasteiger partial charge in [-0.3, -0.25) is 4.79 Å². The Balaban J connectivity index is 0.00000145. The Kier molecular flexibility index (Phi) is 7.23. The summed E-state index contributed by atoms with van der Waals surface area (Å²) in [4.78, 5) is 28.6. The maximum absolute atomic E-state index is 13.3. The number of hydrogen-bond acceptors (Lipinski definition) is 8. The van der Waals surface area contributed by atoms with Crippen molar-refractivity contribution in [2.45, 2.75) is 52.0 Å². The van der Waals surface area contributed by atoms with Gasteiger partial charge in [0.25, 0.3) is 0 Å². The van der Waals surface area contributed by atoms with Crippen LogP contribution in [0.2, 0.25) is 0 Å². The molecule has 1 aromatic heterocycles. The molecule has 1 unspecified atom stereocenters. The highest BCUT2D eigenvalue weighted by Gasteiger charge is 2.30. The van der Waals surface area contributed by atoms with Gasteiger partial charge in [-0.1, -0.05) is 6.92 Å². The van der Waals surface area contributed by atoms with E-state index in [4.69, 9.17) is 14.1 Å². The molecular formula is C19H24N2O6S2. The number of carbonyl (C=O) groups is 1. The highest BCUT2D eigenvalue weighted by molar-refractivity contribution is 7.99. The third-order valence-corrected chi connectivity index (χ3v) is 7.50. The molecule has 2 heterocycles. The van der Waals surface area contributed by atoms with Gasteiger partial charge in [-0.2, -0.15) is 13.5 Å². The van der Waals surface area contributed by atoms with Crippen LogP contribution < -0.4 is 4.18 Å². The SMILES string of the molecule is CCn1ncc(C(=O)c2cc(C)c3c(c2C)C(C)CS3)c1OS(=O)(=O)CC.O=O. The lowest BCUT2D eigenvalue weighted by Crippen LogP contribution is -2.17. The van der Waals surface area contributed by atoms with E-state index in [1.165, 1.54) is 28.3 Å². The van der Waals surface area contributed by atoms with E-state index >= 15 is 0 Å². The van der Waals surface area contributed by atoms with Crippen molar-refractivity contribution in [2.75, 3.05) is 11.5 Å². The van der Waals surface area contributed by atoms with Gasteiger partial charge in [0.2, 0.25) is 5.88 Å². The van der Waals surface area contributed by atoms with Crippen LogP contribution in [0.1, 0.15) is 59.3 Å². The van der Waals surface area contributed by atoms with Crippen molar-refractivity contribution >= 4 is 27.7 Å². The molecule has 1 aliphatic rings. The molecule has 1 aliphatic heterocycles. The number of thioether (sulfide) groups is 1. The van der Waals surface area contributed by atoms with Crippen molar-refractivity contribution in [3.63, 3.8) is 0 Å². The number of aromatic nitrogens is 2. The van der Waals surface area contributed by atoms with Gasteiger partial charge in [0, 0.05) is 32.7 Å². The van der Waals surface area contributed by atoms with Gasteiger partial charge < -0.3 is 4.18 Å². The summed E-state index contributed by atoms with van der Waals surface area (Å²) in [5.74, 6) is 0.936. The zero-order valence-electron chi connectivity index (χ0n) is 17.0. The highest BCUT2D eigenvalue weighted by atomic mass is 32.2. The van der Waals surface area contributed by atoms with Crippen molar-refractivity contribution in [1.29, 1.82) is 0 Å². The molecule has 10 heteroatoms. The molecule has 0 spiro atoms. The summed E-state index contributed by atoms with van der Waals surface area (Å²) < 4.78 is 30.6. The standard InChI is InChI=1S/C19H24N2O4S2.O2/c1-6-21-19(25-27(23,24)7-2)15(9-20-21)17(22)14-8-11(3)18-16(13(14)5)12(4)10-26-18;1-2/h8-9,12H,6-7,10H2,1-5H3;. The number of rotatable bonds is 6. The maximum atomic E-state index is 13.3. The van der Waals surface area contributed by atoms with Crippen LogP contribution >= 0.6 is 11.8 Å². The number of aryl methyl sites for hydroxylation is 2. The molecule has 0 saturated heterocycles. The second kappa shape index (κ2) is 9.08. The summed E-state index contributed by atoms with van der Waals surface area (Å²) in [5, 5.41) is 4.14. The second-order valence-electron chi connectivity index (χ2n) is 6.76. The number of ketones is 1. The molecule has 158 valence electrons. The van der Waals surface area contributed by atoms with E-state index < -0.39 is 10.1 Å². The van der Waals surface area contributed by atoms with Crippen LogP contribution in [0.4, 0.5) is 0 Å². The first-order valence-corrected chi connectivity index (χ1v) is 11.7. The van der Waals surface area contributed by atoms with E-state index in [9.17, 15) is 13.2 Å². The molecule has 8 nitrogen and oxygen atoms in total. The Hall–Kier alpha value is -2.20. The fourth-order valence-electron chi connectivity index (χ4n) is 3.40. The lowest BCUT2D eigenvalue weighted by molar-refractivity contribution is 0.103. The van der Waals surface area contributed by atoms with E-state index in [2.05, 4.69) is 12.0 Å². The molecular weight excluding hydrogens is 416 g/mol. The van der Waals surface area contributed by atoms with Crippen LogP contribution in [-0.2, 0) is 16.7 Å². The molecule has 2 aromatic rings. The Bertz CT molecular complexity index is 1030. The van der Waals surface area contributed by atoms with Crippen LogP contribution in [0, 0.1) is 23.8 Å². The van der Waals surface area contributed by atoms with Crippen molar-refractivity contribution < 1.29 is 17.4 Å². The van der Waals surface area contributed by atoms with Crippen LogP contribution in [0.25, 0.3) is 0 Å². The van der Waals surface area contributed by atoms with Gasteiger partial charge in [0.05, 0.1) is 11.9 Å². The van der Waals surface area contributed by atoms with Crippen LogP contribution in [0.5, 0.6) is 5.88 Å². The van der Waals surface area contributed by atoms with Gasteiger partial charge in [0.15, 0.2) is 5.78 Å². The molecule has 0 amide bonds. The molecule has 29 heavy (non-hydrogen) atoms. The van der Waals surface area contributed by atoms with Crippen molar-refractivity contribution in [2.24, 2.45) is 0 Å². The van der Waals surface area contributed by atoms with Crippen molar-refractivity contribution in [1.82, 2.24) is 9.78 Å². The summed E-state index contributed by atoms with van der Waals surface area (Å²) in [6.07, 6.45) is 1.40. The van der Waals surface area contributed by atoms with Crippen LogP contribution in [-0.4, -0.2) is 35.5 Å². The third-order valence-electron chi connectivity index (χ3n) is 4.88. The second-order valence-corrected chi connectivity index (χ2v) is 9.65. The van der Waals surface area contributed by atoms with Crippen LogP contribution in [0.3, 0.4) is 0 Å². The number of fused-ring (bicyclic) bond motifs is 1. The topological polar surface area (TPSA) is 112 Å². The first-order valence-electron chi connectivity index (χ1n) is 9.16. The highest BCUT2D eigenvalue weighted by Crippen LogP contribution is 2.44. The van der Waals surface area contributed by atoms with Gasteiger partial charge >= 0.3 is 10.1 Å². The summed E-state index contributed by atoms with van der Waals surface area (Å²) in [6, 6.07) is 1.89. The smallest absolute Gasteiger partial charge is 0.310 e. The predicted molar refractivity (Wildman–Crippen MR) is 113 cm³/mol. The quantitative estimate of drug-likeness (QED) is 0.493. The third kappa shape index (κ3) is 4.37. The summed E-state index contributed by atoms with van der Waals surface area (Å²) in [6.45, 7) is 9.84. The first-order chi connectivity index (χ1) is 13.7. The molecule has 0 fully saturated rings. The normalized spacial score (nSPS) is 15.4. The number of benzene rings is 1. The molecule has 0 N–H and O–H groups in total. The maximum Gasteiger partial charge on any atom is 0.310 e.